The van der Waals surface area contributed by atoms with Crippen molar-refractivity contribution >= 4 is 21.6 Å². The molecule has 0 heterocycles. The maximum Gasteiger partial charge on any atom is 0.232 e. The number of benzene rings is 1. The summed E-state index contributed by atoms with van der Waals surface area (Å²) in [7, 11) is 1.90. The summed E-state index contributed by atoms with van der Waals surface area (Å²) in [6.45, 7) is 1.57. The highest BCUT2D eigenvalue weighted by Gasteiger charge is 2.20. The minimum atomic E-state index is -3.46. The van der Waals surface area contributed by atoms with Crippen LogP contribution in [-0.4, -0.2) is 66.3 Å². The molecule has 0 unspecified atom stereocenters. The minimum Gasteiger partial charge on any atom is -0.495 e. The molecule has 8 heteroatoms. The van der Waals surface area contributed by atoms with Gasteiger partial charge in [0, 0.05) is 26.1 Å². The van der Waals surface area contributed by atoms with Crippen LogP contribution in [0.1, 0.15) is 12.8 Å². The highest BCUT2D eigenvalue weighted by atomic mass is 32.2. The number of amides is 1. The Balaban J connectivity index is 2.65. The van der Waals surface area contributed by atoms with Crippen molar-refractivity contribution < 1.29 is 17.9 Å². The molecule has 0 radical (unpaired) electrons. The Bertz CT molecular complexity index is 632. The number of rotatable bonds is 10. The largest absolute Gasteiger partial charge is 0.495 e. The average Bonchev–Trinajstić information content (AvgIpc) is 2.50. The topological polar surface area (TPSA) is 79.0 Å². The highest BCUT2D eigenvalue weighted by Crippen LogP contribution is 2.29. The van der Waals surface area contributed by atoms with Gasteiger partial charge in [-0.2, -0.15) is 0 Å². The van der Waals surface area contributed by atoms with Gasteiger partial charge < -0.3 is 15.0 Å². The summed E-state index contributed by atoms with van der Waals surface area (Å²) in [4.78, 5) is 13.8. The molecule has 0 saturated heterocycles. The normalized spacial score (nSPS) is 11.4. The zero-order valence-corrected chi connectivity index (χ0v) is 15.6. The summed E-state index contributed by atoms with van der Waals surface area (Å²) in [6.07, 6.45) is 1.85. The number of ether oxygens (including phenoxy) is 1. The summed E-state index contributed by atoms with van der Waals surface area (Å²) in [5.41, 5.74) is 0.482. The Morgan fingerprint density at radius 1 is 1.21 bits per heavy atom. The summed E-state index contributed by atoms with van der Waals surface area (Å²) in [5.74, 6) is 0.406. The van der Waals surface area contributed by atoms with Gasteiger partial charge in [-0.25, -0.2) is 8.42 Å². The lowest BCUT2D eigenvalue weighted by Crippen LogP contribution is -2.34. The first-order valence-corrected chi connectivity index (χ1v) is 9.62. The van der Waals surface area contributed by atoms with E-state index >= 15 is 0 Å². The standard InChI is InChI=1S/C16H27N3O4S/c1-18(2)13-11-17-16(20)10-7-12-19(24(4,21)22)14-8-5-6-9-15(14)23-3/h5-6,8-9H,7,10-13H2,1-4H3,(H,17,20). The van der Waals surface area contributed by atoms with E-state index < -0.39 is 10.0 Å². The first kappa shape index (κ1) is 20.2. The molecule has 0 aromatic heterocycles. The fourth-order valence-electron chi connectivity index (χ4n) is 2.19. The van der Waals surface area contributed by atoms with Gasteiger partial charge in [0.1, 0.15) is 5.75 Å². The summed E-state index contributed by atoms with van der Waals surface area (Å²) < 4.78 is 30.7. The van der Waals surface area contributed by atoms with Crippen LogP contribution in [0.5, 0.6) is 5.75 Å². The van der Waals surface area contributed by atoms with Crippen molar-refractivity contribution in [2.45, 2.75) is 12.8 Å². The zero-order chi connectivity index (χ0) is 18.2. The molecule has 0 spiro atoms. The third-order valence-corrected chi connectivity index (χ3v) is 4.58. The van der Waals surface area contributed by atoms with Crippen LogP contribution in [0.3, 0.4) is 0 Å². The molecule has 1 rings (SSSR count). The number of carbonyl (C=O) groups excluding carboxylic acids is 1. The van der Waals surface area contributed by atoms with Crippen LogP contribution in [0.4, 0.5) is 5.69 Å². The molecule has 0 bridgehead atoms. The number of nitrogens with zero attached hydrogens (tertiary/aromatic N) is 2. The number of hydrogen-bond donors (Lipinski definition) is 1. The van der Waals surface area contributed by atoms with Gasteiger partial charge in [0.25, 0.3) is 0 Å². The van der Waals surface area contributed by atoms with Crippen LogP contribution in [0, 0.1) is 0 Å². The summed E-state index contributed by atoms with van der Waals surface area (Å²) in [6, 6.07) is 6.93. The molecule has 1 aromatic carbocycles. The maximum absolute atomic E-state index is 12.1. The number of anilines is 1. The van der Waals surface area contributed by atoms with Crippen molar-refractivity contribution in [3.8, 4) is 5.75 Å². The molecule has 0 aliphatic heterocycles. The third kappa shape index (κ3) is 6.76. The quantitative estimate of drug-likeness (QED) is 0.674. The van der Waals surface area contributed by atoms with Gasteiger partial charge in [-0.1, -0.05) is 12.1 Å². The van der Waals surface area contributed by atoms with Crippen LogP contribution in [0.25, 0.3) is 0 Å². The van der Waals surface area contributed by atoms with Gasteiger partial charge in [-0.15, -0.1) is 0 Å². The molecule has 1 amide bonds. The lowest BCUT2D eigenvalue weighted by molar-refractivity contribution is -0.121. The number of likely N-dealkylation sites (N-methyl/N-ethyl adjacent to an activating group) is 1. The smallest absolute Gasteiger partial charge is 0.232 e. The lowest BCUT2D eigenvalue weighted by atomic mass is 10.2. The zero-order valence-electron chi connectivity index (χ0n) is 14.8. The Morgan fingerprint density at radius 3 is 2.46 bits per heavy atom. The van der Waals surface area contributed by atoms with Crippen LogP contribution in [-0.2, 0) is 14.8 Å². The molecular formula is C16H27N3O4S. The monoisotopic (exact) mass is 357 g/mol. The van der Waals surface area contributed by atoms with E-state index in [0.29, 0.717) is 24.4 Å². The van der Waals surface area contributed by atoms with E-state index in [1.165, 1.54) is 11.4 Å². The molecule has 1 aromatic rings. The summed E-state index contributed by atoms with van der Waals surface area (Å²) in [5, 5.41) is 2.82. The molecule has 0 aliphatic rings. The van der Waals surface area contributed by atoms with Gasteiger partial charge in [0.2, 0.25) is 15.9 Å². The fourth-order valence-corrected chi connectivity index (χ4v) is 3.16. The molecule has 0 fully saturated rings. The molecule has 136 valence electrons. The second-order valence-corrected chi connectivity index (χ2v) is 7.67. The second-order valence-electron chi connectivity index (χ2n) is 5.76. The van der Waals surface area contributed by atoms with E-state index in [1.54, 1.807) is 24.3 Å². The molecule has 0 aliphatic carbocycles. The van der Waals surface area contributed by atoms with Crippen molar-refractivity contribution in [3.63, 3.8) is 0 Å². The molecule has 24 heavy (non-hydrogen) atoms. The Hall–Kier alpha value is -1.80. The van der Waals surface area contributed by atoms with Gasteiger partial charge in [-0.3, -0.25) is 9.10 Å². The second kappa shape index (κ2) is 9.48. The Morgan fingerprint density at radius 2 is 1.88 bits per heavy atom. The highest BCUT2D eigenvalue weighted by molar-refractivity contribution is 7.92. The van der Waals surface area contributed by atoms with Crippen LogP contribution >= 0.6 is 0 Å². The predicted molar refractivity (Wildman–Crippen MR) is 96.0 cm³/mol. The van der Waals surface area contributed by atoms with E-state index in [9.17, 15) is 13.2 Å². The SMILES string of the molecule is COc1ccccc1N(CCCC(=O)NCCN(C)C)S(C)(=O)=O. The Kier molecular flexibility index (Phi) is 8.00. The van der Waals surface area contributed by atoms with Gasteiger partial charge >= 0.3 is 0 Å². The molecule has 0 atom stereocenters. The lowest BCUT2D eigenvalue weighted by Gasteiger charge is -2.24. The molecule has 7 nitrogen and oxygen atoms in total. The predicted octanol–water partition coefficient (Wildman–Crippen LogP) is 0.919. The Labute approximate surface area is 144 Å². The van der Waals surface area contributed by atoms with Gasteiger partial charge in [0.05, 0.1) is 19.1 Å². The van der Waals surface area contributed by atoms with E-state index in [-0.39, 0.29) is 18.9 Å². The van der Waals surface area contributed by atoms with Crippen molar-refractivity contribution in [1.82, 2.24) is 10.2 Å². The summed E-state index contributed by atoms with van der Waals surface area (Å²) >= 11 is 0. The maximum atomic E-state index is 12.1. The third-order valence-electron chi connectivity index (χ3n) is 3.40. The van der Waals surface area contributed by atoms with E-state index in [2.05, 4.69) is 5.32 Å². The number of hydrogen-bond acceptors (Lipinski definition) is 5. The first-order valence-electron chi connectivity index (χ1n) is 7.78. The molecular weight excluding hydrogens is 330 g/mol. The van der Waals surface area contributed by atoms with Gasteiger partial charge in [-0.05, 0) is 32.6 Å². The van der Waals surface area contributed by atoms with E-state index in [4.69, 9.17) is 4.74 Å². The number of nitrogens with one attached hydrogen (secondary N) is 1. The number of sulfonamides is 1. The van der Waals surface area contributed by atoms with Crippen molar-refractivity contribution in [3.05, 3.63) is 24.3 Å². The van der Waals surface area contributed by atoms with Crippen LogP contribution in [0.2, 0.25) is 0 Å². The van der Waals surface area contributed by atoms with Crippen LogP contribution in [0.15, 0.2) is 24.3 Å². The van der Waals surface area contributed by atoms with E-state index in [1.807, 2.05) is 19.0 Å². The fraction of sp³-hybridized carbons (Fsp3) is 0.562. The number of carbonyl (C=O) groups is 1. The average molecular weight is 357 g/mol. The number of para-hydroxylation sites is 2. The van der Waals surface area contributed by atoms with Crippen LogP contribution < -0.4 is 14.4 Å². The van der Waals surface area contributed by atoms with Crippen molar-refractivity contribution in [2.24, 2.45) is 0 Å². The molecule has 1 N–H and O–H groups in total. The molecule has 0 saturated carbocycles. The first-order chi connectivity index (χ1) is 11.3. The number of methoxy groups -OCH3 is 1. The van der Waals surface area contributed by atoms with Crippen molar-refractivity contribution in [1.29, 1.82) is 0 Å². The minimum absolute atomic E-state index is 0.0784. The van der Waals surface area contributed by atoms with Crippen molar-refractivity contribution in [2.75, 3.05) is 51.4 Å². The van der Waals surface area contributed by atoms with E-state index in [0.717, 1.165) is 12.8 Å². The van der Waals surface area contributed by atoms with Gasteiger partial charge in [0.15, 0.2) is 0 Å².